The van der Waals surface area contributed by atoms with Gasteiger partial charge in [0.05, 0.1) is 25.8 Å². The van der Waals surface area contributed by atoms with Crippen LogP contribution >= 0.6 is 11.3 Å². The van der Waals surface area contributed by atoms with Crippen LogP contribution in [0.3, 0.4) is 0 Å². The van der Waals surface area contributed by atoms with Crippen LogP contribution < -0.4 is 14.8 Å². The average Bonchev–Trinajstić information content (AvgIpc) is 3.11. The van der Waals surface area contributed by atoms with Crippen molar-refractivity contribution in [1.82, 2.24) is 4.98 Å². The normalized spacial score (nSPS) is 14.9. The van der Waals surface area contributed by atoms with Crippen LogP contribution in [0.15, 0.2) is 29.6 Å². The molecule has 1 amide bonds. The molecule has 2 aromatic rings. The minimum atomic E-state index is -0.0712. The lowest BCUT2D eigenvalue weighted by Gasteiger charge is -2.19. The highest BCUT2D eigenvalue weighted by Crippen LogP contribution is 2.34. The van der Waals surface area contributed by atoms with Crippen molar-refractivity contribution in [2.45, 2.75) is 44.4 Å². The lowest BCUT2D eigenvalue weighted by molar-refractivity contribution is -0.116. The quantitative estimate of drug-likeness (QED) is 0.783. The Hall–Kier alpha value is -2.08. The predicted octanol–water partition coefficient (Wildman–Crippen LogP) is 4.61. The molecule has 0 spiro atoms. The van der Waals surface area contributed by atoms with Crippen molar-refractivity contribution in [2.24, 2.45) is 0 Å². The van der Waals surface area contributed by atoms with Gasteiger partial charge in [-0.15, -0.1) is 11.3 Å². The second kappa shape index (κ2) is 8.85. The van der Waals surface area contributed by atoms with Crippen molar-refractivity contribution in [3.05, 3.63) is 35.3 Å². The van der Waals surface area contributed by atoms with E-state index in [4.69, 9.17) is 9.47 Å². The molecule has 0 unspecified atom stereocenters. The van der Waals surface area contributed by atoms with Gasteiger partial charge in [0.25, 0.3) is 0 Å². The number of hydrogen-bond donors (Lipinski definition) is 1. The first-order chi connectivity index (χ1) is 12.2. The molecular formula is C19H24N2O3S. The van der Waals surface area contributed by atoms with E-state index in [-0.39, 0.29) is 5.91 Å². The molecule has 1 aromatic carbocycles. The Morgan fingerprint density at radius 1 is 1.20 bits per heavy atom. The van der Waals surface area contributed by atoms with Gasteiger partial charge >= 0.3 is 0 Å². The number of benzene rings is 1. The summed E-state index contributed by atoms with van der Waals surface area (Å²) in [5.41, 5.74) is 1.13. The summed E-state index contributed by atoms with van der Waals surface area (Å²) < 4.78 is 10.7. The SMILES string of the molecule is COc1ccc(OCCC(=O)Nc2nc(C3CCCCC3)cs2)cc1. The van der Waals surface area contributed by atoms with Gasteiger partial charge in [0.1, 0.15) is 11.5 Å². The molecule has 1 aliphatic carbocycles. The number of aromatic nitrogens is 1. The number of methoxy groups -OCH3 is 1. The van der Waals surface area contributed by atoms with E-state index in [1.807, 2.05) is 24.3 Å². The first-order valence-corrected chi connectivity index (χ1v) is 9.64. The van der Waals surface area contributed by atoms with Gasteiger partial charge in [-0.05, 0) is 37.1 Å². The van der Waals surface area contributed by atoms with E-state index >= 15 is 0 Å². The molecule has 0 radical (unpaired) electrons. The van der Waals surface area contributed by atoms with Crippen molar-refractivity contribution < 1.29 is 14.3 Å². The fraction of sp³-hybridized carbons (Fsp3) is 0.474. The topological polar surface area (TPSA) is 60.5 Å². The minimum Gasteiger partial charge on any atom is -0.497 e. The molecule has 5 nitrogen and oxygen atoms in total. The number of carbonyl (C=O) groups excluding carboxylic acids is 1. The average molecular weight is 360 g/mol. The standard InChI is InChI=1S/C19H24N2O3S/c1-23-15-7-9-16(10-8-15)24-12-11-18(22)21-19-20-17(13-25-19)14-5-3-2-4-6-14/h7-10,13-14H,2-6,11-12H2,1H3,(H,20,21,22). The molecule has 25 heavy (non-hydrogen) atoms. The zero-order valence-electron chi connectivity index (χ0n) is 14.5. The Morgan fingerprint density at radius 2 is 1.92 bits per heavy atom. The summed E-state index contributed by atoms with van der Waals surface area (Å²) >= 11 is 1.51. The van der Waals surface area contributed by atoms with Gasteiger partial charge in [-0.1, -0.05) is 19.3 Å². The summed E-state index contributed by atoms with van der Waals surface area (Å²) in [6.07, 6.45) is 6.63. The van der Waals surface area contributed by atoms with Crippen molar-refractivity contribution in [2.75, 3.05) is 19.0 Å². The number of rotatable bonds is 7. The monoisotopic (exact) mass is 360 g/mol. The number of anilines is 1. The molecule has 1 saturated carbocycles. The Kier molecular flexibility index (Phi) is 6.28. The molecule has 0 bridgehead atoms. The van der Waals surface area contributed by atoms with Gasteiger partial charge in [0.2, 0.25) is 5.91 Å². The van der Waals surface area contributed by atoms with E-state index < -0.39 is 0 Å². The summed E-state index contributed by atoms with van der Waals surface area (Å²) in [6.45, 7) is 0.332. The molecule has 0 saturated heterocycles. The van der Waals surface area contributed by atoms with Crippen LogP contribution in [0, 0.1) is 0 Å². The fourth-order valence-electron chi connectivity index (χ4n) is 3.04. The number of nitrogens with one attached hydrogen (secondary N) is 1. The number of nitrogens with zero attached hydrogens (tertiary/aromatic N) is 1. The van der Waals surface area contributed by atoms with E-state index in [0.29, 0.717) is 24.1 Å². The van der Waals surface area contributed by atoms with Crippen LogP contribution in [0.2, 0.25) is 0 Å². The van der Waals surface area contributed by atoms with E-state index in [0.717, 1.165) is 17.2 Å². The zero-order valence-corrected chi connectivity index (χ0v) is 15.3. The van der Waals surface area contributed by atoms with Gasteiger partial charge < -0.3 is 14.8 Å². The van der Waals surface area contributed by atoms with Gasteiger partial charge in [0, 0.05) is 11.3 Å². The molecule has 3 rings (SSSR count). The second-order valence-corrected chi connectivity index (χ2v) is 7.09. The largest absolute Gasteiger partial charge is 0.497 e. The number of carbonyl (C=O) groups is 1. The van der Waals surface area contributed by atoms with Gasteiger partial charge in [-0.25, -0.2) is 4.98 Å². The van der Waals surface area contributed by atoms with Gasteiger partial charge in [0.15, 0.2) is 5.13 Å². The Morgan fingerprint density at radius 3 is 2.64 bits per heavy atom. The molecule has 0 aliphatic heterocycles. The molecule has 1 aliphatic rings. The highest BCUT2D eigenvalue weighted by Gasteiger charge is 2.18. The third kappa shape index (κ3) is 5.19. The Bertz CT molecular complexity index is 678. The van der Waals surface area contributed by atoms with Crippen molar-refractivity contribution in [1.29, 1.82) is 0 Å². The molecule has 1 heterocycles. The van der Waals surface area contributed by atoms with E-state index in [1.54, 1.807) is 7.11 Å². The molecule has 1 fully saturated rings. The highest BCUT2D eigenvalue weighted by atomic mass is 32.1. The van der Waals surface area contributed by atoms with E-state index in [1.165, 1.54) is 43.4 Å². The van der Waals surface area contributed by atoms with Crippen LogP contribution in [0.1, 0.15) is 50.1 Å². The van der Waals surface area contributed by atoms with Crippen molar-refractivity contribution in [3.63, 3.8) is 0 Å². The summed E-state index contributed by atoms with van der Waals surface area (Å²) in [6, 6.07) is 7.32. The van der Waals surface area contributed by atoms with Crippen LogP contribution in [-0.4, -0.2) is 24.6 Å². The molecular weight excluding hydrogens is 336 g/mol. The minimum absolute atomic E-state index is 0.0712. The summed E-state index contributed by atoms with van der Waals surface area (Å²) in [5, 5.41) is 5.65. The Labute approximate surface area is 152 Å². The molecule has 1 aromatic heterocycles. The molecule has 1 N–H and O–H groups in total. The first kappa shape index (κ1) is 17.7. The van der Waals surface area contributed by atoms with Crippen LogP contribution in [0.5, 0.6) is 11.5 Å². The maximum Gasteiger partial charge on any atom is 0.229 e. The summed E-state index contributed by atoms with van der Waals surface area (Å²) in [4.78, 5) is 16.6. The maximum atomic E-state index is 12.0. The fourth-order valence-corrected chi connectivity index (χ4v) is 3.85. The zero-order chi connectivity index (χ0) is 17.5. The lowest BCUT2D eigenvalue weighted by atomic mass is 9.87. The summed E-state index contributed by atoms with van der Waals surface area (Å²) in [5.74, 6) is 2.00. The predicted molar refractivity (Wildman–Crippen MR) is 99.7 cm³/mol. The molecule has 6 heteroatoms. The molecule has 134 valence electrons. The number of hydrogen-bond acceptors (Lipinski definition) is 5. The second-order valence-electron chi connectivity index (χ2n) is 6.23. The van der Waals surface area contributed by atoms with E-state index in [2.05, 4.69) is 15.7 Å². The third-order valence-corrected chi connectivity index (χ3v) is 5.22. The third-order valence-electron chi connectivity index (χ3n) is 4.45. The van der Waals surface area contributed by atoms with Crippen molar-refractivity contribution >= 4 is 22.4 Å². The van der Waals surface area contributed by atoms with Crippen LogP contribution in [0.25, 0.3) is 0 Å². The van der Waals surface area contributed by atoms with Crippen molar-refractivity contribution in [3.8, 4) is 11.5 Å². The number of thiazole rings is 1. The molecule has 0 atom stereocenters. The number of ether oxygens (including phenoxy) is 2. The van der Waals surface area contributed by atoms with Crippen LogP contribution in [0.4, 0.5) is 5.13 Å². The highest BCUT2D eigenvalue weighted by molar-refractivity contribution is 7.13. The van der Waals surface area contributed by atoms with Gasteiger partial charge in [-0.3, -0.25) is 4.79 Å². The smallest absolute Gasteiger partial charge is 0.229 e. The first-order valence-electron chi connectivity index (χ1n) is 8.77. The van der Waals surface area contributed by atoms with E-state index in [9.17, 15) is 4.79 Å². The maximum absolute atomic E-state index is 12.0. The lowest BCUT2D eigenvalue weighted by Crippen LogP contribution is -2.15. The summed E-state index contributed by atoms with van der Waals surface area (Å²) in [7, 11) is 1.62. The van der Waals surface area contributed by atoms with Gasteiger partial charge in [-0.2, -0.15) is 0 Å². The number of amides is 1. The van der Waals surface area contributed by atoms with Crippen LogP contribution in [-0.2, 0) is 4.79 Å². The Balaban J connectivity index is 1.42.